The van der Waals surface area contributed by atoms with Gasteiger partial charge in [0.1, 0.15) is 13.2 Å². The number of carboxylic acid groups (broad SMARTS) is 1. The molecule has 0 aliphatic rings. The summed E-state index contributed by atoms with van der Waals surface area (Å²) in [5.74, 6) is -2.40. The van der Waals surface area contributed by atoms with E-state index in [1.165, 1.54) is 32.1 Å². The molecule has 0 aromatic rings. The van der Waals surface area contributed by atoms with E-state index in [2.05, 4.69) is 202 Å². The van der Waals surface area contributed by atoms with Crippen molar-refractivity contribution in [3.8, 4) is 0 Å². The summed E-state index contributed by atoms with van der Waals surface area (Å²) >= 11 is 0. The van der Waals surface area contributed by atoms with Gasteiger partial charge in [-0.1, -0.05) is 253 Å². The van der Waals surface area contributed by atoms with Crippen molar-refractivity contribution < 1.29 is 42.9 Å². The highest BCUT2D eigenvalue weighted by Gasteiger charge is 2.22. The predicted octanol–water partition coefficient (Wildman–Crippen LogP) is 18.9. The summed E-state index contributed by atoms with van der Waals surface area (Å²) in [6.07, 6.45) is 96.4. The molecule has 0 saturated carbocycles. The number of rotatable bonds is 57. The molecular formula is C76H117NO8. The van der Waals surface area contributed by atoms with E-state index < -0.39 is 24.3 Å². The maximum absolute atomic E-state index is 12.9. The number of esters is 2. The van der Waals surface area contributed by atoms with Crippen LogP contribution in [0.2, 0.25) is 0 Å². The third-order valence-corrected chi connectivity index (χ3v) is 12.8. The Hall–Kier alpha value is -5.87. The lowest BCUT2D eigenvalue weighted by atomic mass is 10.1. The minimum Gasteiger partial charge on any atom is -0.545 e. The number of nitrogens with zero attached hydrogens (tertiary/aromatic N) is 1. The zero-order valence-corrected chi connectivity index (χ0v) is 53.9. The Morgan fingerprint density at radius 3 is 0.976 bits per heavy atom. The summed E-state index contributed by atoms with van der Waals surface area (Å²) in [7, 11) is 5.89. The van der Waals surface area contributed by atoms with Crippen LogP contribution in [-0.4, -0.2) is 82.3 Å². The van der Waals surface area contributed by atoms with Crippen molar-refractivity contribution in [1.29, 1.82) is 0 Å². The van der Waals surface area contributed by atoms with Crippen LogP contribution in [0.25, 0.3) is 0 Å². The van der Waals surface area contributed by atoms with E-state index in [0.29, 0.717) is 30.3 Å². The second-order valence-electron chi connectivity index (χ2n) is 21.9. The van der Waals surface area contributed by atoms with Gasteiger partial charge >= 0.3 is 11.9 Å². The van der Waals surface area contributed by atoms with Gasteiger partial charge in [-0.05, 0) is 135 Å². The number of aliphatic carboxylic acids is 1. The maximum atomic E-state index is 12.9. The Morgan fingerprint density at radius 2 is 0.647 bits per heavy atom. The van der Waals surface area contributed by atoms with E-state index in [1.54, 1.807) is 0 Å². The van der Waals surface area contributed by atoms with E-state index in [9.17, 15) is 19.5 Å². The van der Waals surface area contributed by atoms with Crippen LogP contribution in [0.5, 0.6) is 0 Å². The molecule has 0 spiro atoms. The normalized spacial score (nSPS) is 14.0. The smallest absolute Gasteiger partial charge is 0.306 e. The lowest BCUT2D eigenvalue weighted by Gasteiger charge is -2.26. The van der Waals surface area contributed by atoms with Gasteiger partial charge in [0.15, 0.2) is 12.4 Å². The van der Waals surface area contributed by atoms with Gasteiger partial charge in [-0.2, -0.15) is 0 Å². The number of carboxylic acids is 1. The average Bonchev–Trinajstić information content (AvgIpc) is 3.48. The van der Waals surface area contributed by atoms with Crippen molar-refractivity contribution in [3.05, 3.63) is 194 Å². The Morgan fingerprint density at radius 1 is 0.353 bits per heavy atom. The minimum atomic E-state index is -1.65. The Bertz CT molecular complexity index is 2090. The van der Waals surface area contributed by atoms with Gasteiger partial charge in [-0.25, -0.2) is 0 Å². The highest BCUT2D eigenvalue weighted by molar-refractivity contribution is 5.70. The topological polar surface area (TPSA) is 111 Å². The minimum absolute atomic E-state index is 0.124. The molecule has 0 rings (SSSR count). The van der Waals surface area contributed by atoms with E-state index in [1.807, 2.05) is 27.2 Å². The molecule has 85 heavy (non-hydrogen) atoms. The fourth-order valence-corrected chi connectivity index (χ4v) is 7.93. The van der Waals surface area contributed by atoms with Gasteiger partial charge in [0.2, 0.25) is 0 Å². The third-order valence-electron chi connectivity index (χ3n) is 12.8. The zero-order valence-electron chi connectivity index (χ0n) is 53.9. The summed E-state index contributed by atoms with van der Waals surface area (Å²) < 4.78 is 22.7. The summed E-state index contributed by atoms with van der Waals surface area (Å²) in [6, 6.07) is 0. The number of unbranched alkanes of at least 4 members (excludes halogenated alkanes) is 10. The van der Waals surface area contributed by atoms with Crippen LogP contribution < -0.4 is 5.11 Å². The predicted molar refractivity (Wildman–Crippen MR) is 361 cm³/mol. The third kappa shape index (κ3) is 65.5. The molecule has 0 aromatic heterocycles. The van der Waals surface area contributed by atoms with Crippen molar-refractivity contribution in [2.45, 2.75) is 219 Å². The number of hydrogen-bond donors (Lipinski definition) is 0. The number of carbonyl (C=O) groups excluding carboxylic acids is 3. The first-order chi connectivity index (χ1) is 41.6. The second-order valence-corrected chi connectivity index (χ2v) is 21.9. The monoisotopic (exact) mass is 1170 g/mol. The first-order valence-corrected chi connectivity index (χ1v) is 32.6. The van der Waals surface area contributed by atoms with Crippen LogP contribution in [0.3, 0.4) is 0 Å². The van der Waals surface area contributed by atoms with Crippen molar-refractivity contribution >= 4 is 17.9 Å². The van der Waals surface area contributed by atoms with Crippen molar-refractivity contribution in [1.82, 2.24) is 0 Å². The molecule has 0 aliphatic carbocycles. The first-order valence-electron chi connectivity index (χ1n) is 32.6. The average molecular weight is 1170 g/mol. The van der Waals surface area contributed by atoms with Crippen molar-refractivity contribution in [2.24, 2.45) is 0 Å². The number of hydrogen-bond acceptors (Lipinski definition) is 8. The van der Waals surface area contributed by atoms with Gasteiger partial charge < -0.3 is 33.3 Å². The lowest BCUT2D eigenvalue weighted by Crippen LogP contribution is -2.44. The second kappa shape index (κ2) is 64.1. The maximum Gasteiger partial charge on any atom is 0.306 e. The molecule has 0 aliphatic heterocycles. The van der Waals surface area contributed by atoms with E-state index in [-0.39, 0.29) is 38.6 Å². The summed E-state index contributed by atoms with van der Waals surface area (Å²) in [6.45, 7) is 4.41. The molecule has 9 nitrogen and oxygen atoms in total. The fraction of sp³-hybridized carbons (Fsp3) is 0.539. The molecule has 0 aromatic carbocycles. The highest BCUT2D eigenvalue weighted by Crippen LogP contribution is 2.13. The van der Waals surface area contributed by atoms with E-state index in [0.717, 1.165) is 128 Å². The Labute approximate surface area is 519 Å². The molecule has 0 N–H and O–H groups in total. The number of likely N-dealkylation sites (N-methyl/N-ethyl adjacent to an activating group) is 1. The standard InChI is InChI=1S/C76H117NO8/c1-6-8-10-12-14-16-18-20-22-24-26-28-30-32-34-36-37-39-40-42-44-46-48-50-52-54-56-58-60-62-64-66-73(78)83-70-72(71-84-76(75(80)81)82-69-68-77(3,4)5)85-74(79)67-65-63-61-59-57-55-53-51-49-47-45-43-41-38-35-33-31-29-27-25-23-21-19-17-15-13-11-9-7-2/h8-11,14-17,20-23,26-29,32-35,37,39,41-44,47,49,53,55,59,61,72,76H,6-7,12-13,18-19,24-25,30-31,36,38,40,45-46,48,50-52,54,56-58,60,62-71H2,1-5H3/b10-8-,11-9-,16-14-,17-15-,22-20-,23-21-,28-26-,29-27-,34-32-,35-33-,39-37-,43-41-,44-42-,49-47-,55-53-,61-59-. The summed E-state index contributed by atoms with van der Waals surface area (Å²) in [5.41, 5.74) is 0. The van der Waals surface area contributed by atoms with Gasteiger partial charge in [0.25, 0.3) is 0 Å². The van der Waals surface area contributed by atoms with Gasteiger partial charge in [0, 0.05) is 12.8 Å². The van der Waals surface area contributed by atoms with Gasteiger partial charge in [0.05, 0.1) is 40.3 Å². The highest BCUT2D eigenvalue weighted by atomic mass is 16.7. The molecule has 0 amide bonds. The van der Waals surface area contributed by atoms with Crippen LogP contribution in [0.4, 0.5) is 0 Å². The molecular weight excluding hydrogens is 1050 g/mol. The molecule has 474 valence electrons. The van der Waals surface area contributed by atoms with E-state index >= 15 is 0 Å². The molecule has 2 unspecified atom stereocenters. The number of carbonyl (C=O) groups is 3. The molecule has 9 heteroatoms. The van der Waals surface area contributed by atoms with Gasteiger partial charge in [-0.15, -0.1) is 0 Å². The molecule has 0 bridgehead atoms. The van der Waals surface area contributed by atoms with E-state index in [4.69, 9.17) is 18.9 Å². The van der Waals surface area contributed by atoms with Crippen LogP contribution in [0.15, 0.2) is 194 Å². The lowest BCUT2D eigenvalue weighted by molar-refractivity contribution is -0.870. The van der Waals surface area contributed by atoms with Crippen molar-refractivity contribution in [2.75, 3.05) is 47.5 Å². The fourth-order valence-electron chi connectivity index (χ4n) is 7.93. The molecule has 0 radical (unpaired) electrons. The van der Waals surface area contributed by atoms with Crippen molar-refractivity contribution in [3.63, 3.8) is 0 Å². The van der Waals surface area contributed by atoms with Crippen LogP contribution >= 0.6 is 0 Å². The molecule has 0 heterocycles. The number of ether oxygens (including phenoxy) is 4. The van der Waals surface area contributed by atoms with Gasteiger partial charge in [-0.3, -0.25) is 9.59 Å². The SMILES string of the molecule is CC/C=C\C/C=C\C/C=C\C/C=C\C/C=C\C/C=C\C/C=C\C/C=C\C/C=C\CCCC(=O)OC(COC(=O)CCCCCCCCCCC/C=C\C/C=C\C/C=C\C/C=C\C/C=C\C/C=C\C/C=C\CC)COC(OCC[N+](C)(C)C)C(=O)[O-]. The summed E-state index contributed by atoms with van der Waals surface area (Å²) in [5, 5.41) is 11.8. The molecule has 0 saturated heterocycles. The van der Waals surface area contributed by atoms with Crippen LogP contribution in [0, 0.1) is 0 Å². The quantitative estimate of drug-likeness (QED) is 0.0195. The molecule has 0 fully saturated rings. The number of quaternary nitrogens is 1. The summed E-state index contributed by atoms with van der Waals surface area (Å²) in [4.78, 5) is 37.4. The Balaban J connectivity index is 4.36. The first kappa shape index (κ1) is 79.1. The van der Waals surface area contributed by atoms with Crippen LogP contribution in [0.1, 0.15) is 206 Å². The molecule has 2 atom stereocenters. The van der Waals surface area contributed by atoms with Crippen LogP contribution in [-0.2, 0) is 33.3 Å². The Kier molecular flexibility index (Phi) is 59.7. The zero-order chi connectivity index (χ0) is 61.9. The number of allylic oxidation sites excluding steroid dienone is 32. The largest absolute Gasteiger partial charge is 0.545 e.